The molecule has 0 amide bonds. The minimum atomic E-state index is -0.607. The fourth-order valence-electron chi connectivity index (χ4n) is 3.42. The Balaban J connectivity index is 1.71. The van der Waals surface area contributed by atoms with Gasteiger partial charge in [0.25, 0.3) is 0 Å². The van der Waals surface area contributed by atoms with Gasteiger partial charge in [-0.3, -0.25) is 4.57 Å². The lowest BCUT2D eigenvalue weighted by Crippen LogP contribution is -2.43. The van der Waals surface area contributed by atoms with E-state index in [1.54, 1.807) is 6.07 Å². The quantitative estimate of drug-likeness (QED) is 0.578. The summed E-state index contributed by atoms with van der Waals surface area (Å²) in [4.78, 5) is 30.0. The zero-order valence-corrected chi connectivity index (χ0v) is 18.5. The zero-order chi connectivity index (χ0) is 22.8. The molecule has 0 saturated heterocycles. The molecule has 0 unspecified atom stereocenters. The summed E-state index contributed by atoms with van der Waals surface area (Å²) in [5.41, 5.74) is 1.33. The van der Waals surface area contributed by atoms with Crippen LogP contribution in [0.5, 0.6) is 5.75 Å². The molecule has 1 aliphatic carbocycles. The monoisotopic (exact) mass is 438 g/mol. The van der Waals surface area contributed by atoms with Gasteiger partial charge in [0.15, 0.2) is 11.6 Å². The lowest BCUT2D eigenvalue weighted by molar-refractivity contribution is 0.231. The Morgan fingerprint density at radius 1 is 1.12 bits per heavy atom. The molecule has 4 rings (SSSR count). The van der Waals surface area contributed by atoms with E-state index >= 15 is 0 Å². The van der Waals surface area contributed by atoms with Crippen LogP contribution in [0.3, 0.4) is 0 Å². The topological polar surface area (TPSA) is 78.2 Å². The van der Waals surface area contributed by atoms with Crippen molar-refractivity contribution in [2.24, 2.45) is 5.92 Å². The van der Waals surface area contributed by atoms with Crippen LogP contribution in [-0.4, -0.2) is 20.2 Å². The number of aryl methyl sites for hydroxylation is 1. The number of rotatable bonds is 8. The molecule has 1 fully saturated rings. The first kappa shape index (κ1) is 21.8. The number of anilines is 2. The predicted molar refractivity (Wildman–Crippen MR) is 121 cm³/mol. The first-order valence-corrected chi connectivity index (χ1v) is 10.8. The first-order valence-electron chi connectivity index (χ1n) is 10.8. The molecule has 1 saturated carbocycles. The lowest BCUT2D eigenvalue weighted by Gasteiger charge is -2.16. The van der Waals surface area contributed by atoms with Crippen LogP contribution in [0.25, 0.3) is 0 Å². The van der Waals surface area contributed by atoms with Gasteiger partial charge in [0.1, 0.15) is 0 Å². The average Bonchev–Trinajstić information content (AvgIpc) is 3.56. The van der Waals surface area contributed by atoms with E-state index < -0.39 is 17.2 Å². The molecule has 0 aliphatic heterocycles. The van der Waals surface area contributed by atoms with Crippen molar-refractivity contribution in [3.63, 3.8) is 0 Å². The molecular formula is C24H27FN4O3. The number of ether oxygens (including phenoxy) is 1. The minimum Gasteiger partial charge on any atom is -0.488 e. The molecule has 1 aromatic heterocycles. The molecule has 8 heteroatoms. The summed E-state index contributed by atoms with van der Waals surface area (Å²) < 4.78 is 22.5. The molecule has 7 nitrogen and oxygen atoms in total. The Morgan fingerprint density at radius 2 is 1.84 bits per heavy atom. The smallest absolute Gasteiger partial charge is 0.354 e. The maximum absolute atomic E-state index is 14.5. The van der Waals surface area contributed by atoms with Gasteiger partial charge in [0.2, 0.25) is 5.95 Å². The third-order valence-electron chi connectivity index (χ3n) is 5.30. The number of hydrogen-bond acceptors (Lipinski definition) is 5. The molecular weight excluding hydrogens is 411 g/mol. The van der Waals surface area contributed by atoms with Gasteiger partial charge in [-0.15, -0.1) is 0 Å². The number of aromatic nitrogens is 3. The van der Waals surface area contributed by atoms with Gasteiger partial charge >= 0.3 is 11.4 Å². The van der Waals surface area contributed by atoms with E-state index in [9.17, 15) is 14.0 Å². The van der Waals surface area contributed by atoms with Crippen molar-refractivity contribution in [1.82, 2.24) is 14.1 Å². The molecule has 0 spiro atoms. The van der Waals surface area contributed by atoms with E-state index in [0.717, 1.165) is 24.0 Å². The van der Waals surface area contributed by atoms with Crippen LogP contribution in [0.1, 0.15) is 37.8 Å². The van der Waals surface area contributed by atoms with Gasteiger partial charge in [0, 0.05) is 18.3 Å². The van der Waals surface area contributed by atoms with Crippen molar-refractivity contribution in [1.29, 1.82) is 0 Å². The largest absolute Gasteiger partial charge is 0.488 e. The van der Waals surface area contributed by atoms with Gasteiger partial charge in [-0.05, 0) is 57.2 Å². The van der Waals surface area contributed by atoms with E-state index in [1.807, 2.05) is 45.0 Å². The molecule has 1 heterocycles. The number of nitrogens with zero attached hydrogens (tertiary/aromatic N) is 3. The maximum atomic E-state index is 14.5. The summed E-state index contributed by atoms with van der Waals surface area (Å²) in [5, 5.41) is 2.95. The van der Waals surface area contributed by atoms with Crippen LogP contribution < -0.4 is 21.4 Å². The number of halogens is 1. The summed E-state index contributed by atoms with van der Waals surface area (Å²) in [6, 6.07) is 12.2. The second-order valence-corrected chi connectivity index (χ2v) is 8.56. The van der Waals surface area contributed by atoms with Crippen LogP contribution in [-0.2, 0) is 13.1 Å². The highest BCUT2D eigenvalue weighted by atomic mass is 19.1. The van der Waals surface area contributed by atoms with E-state index in [4.69, 9.17) is 4.74 Å². The SMILES string of the molecule is Cc1ccc(Cn2c(Nc3ccc(OC(C)C)c(F)c3)nc(=O)n(CC3CC3)c2=O)cc1. The van der Waals surface area contributed by atoms with Gasteiger partial charge in [-0.1, -0.05) is 29.8 Å². The van der Waals surface area contributed by atoms with Crippen LogP contribution in [0.2, 0.25) is 0 Å². The molecule has 32 heavy (non-hydrogen) atoms. The van der Waals surface area contributed by atoms with Crippen molar-refractivity contribution < 1.29 is 9.13 Å². The van der Waals surface area contributed by atoms with Crippen LogP contribution in [0, 0.1) is 18.7 Å². The second-order valence-electron chi connectivity index (χ2n) is 8.56. The number of benzene rings is 2. The molecule has 3 aromatic rings. The Hall–Kier alpha value is -3.42. The van der Waals surface area contributed by atoms with Crippen molar-refractivity contribution >= 4 is 11.6 Å². The minimum absolute atomic E-state index is 0.0737. The van der Waals surface area contributed by atoms with E-state index in [0.29, 0.717) is 18.2 Å². The first-order chi connectivity index (χ1) is 15.3. The van der Waals surface area contributed by atoms with E-state index in [1.165, 1.54) is 21.3 Å². The average molecular weight is 439 g/mol. The lowest BCUT2D eigenvalue weighted by atomic mass is 10.1. The maximum Gasteiger partial charge on any atom is 0.354 e. The van der Waals surface area contributed by atoms with Gasteiger partial charge in [-0.2, -0.15) is 4.98 Å². The standard InChI is InChI=1S/C24H27FN4O3/c1-15(2)32-21-11-10-19(12-20(21)25)26-22-27-23(30)29(14-18-8-9-18)24(31)28(22)13-17-6-4-16(3)5-7-17/h4-7,10-12,15,18H,8-9,13-14H2,1-3H3,(H,26,27,30). The fraction of sp³-hybridized carbons (Fsp3) is 0.375. The van der Waals surface area contributed by atoms with Gasteiger partial charge < -0.3 is 10.1 Å². The summed E-state index contributed by atoms with van der Waals surface area (Å²) in [5.74, 6) is 0.00888. The highest BCUT2D eigenvalue weighted by Gasteiger charge is 2.25. The molecule has 1 aliphatic rings. The third-order valence-corrected chi connectivity index (χ3v) is 5.30. The molecule has 168 valence electrons. The summed E-state index contributed by atoms with van der Waals surface area (Å²) in [6.45, 7) is 6.22. The highest BCUT2D eigenvalue weighted by molar-refractivity contribution is 5.55. The van der Waals surface area contributed by atoms with Crippen LogP contribution in [0.4, 0.5) is 16.0 Å². The molecule has 1 N–H and O–H groups in total. The molecule has 0 radical (unpaired) electrons. The Bertz CT molecular complexity index is 1230. The number of hydrogen-bond donors (Lipinski definition) is 1. The van der Waals surface area contributed by atoms with E-state index in [2.05, 4.69) is 10.3 Å². The highest BCUT2D eigenvalue weighted by Crippen LogP contribution is 2.29. The zero-order valence-electron chi connectivity index (χ0n) is 18.5. The van der Waals surface area contributed by atoms with Gasteiger partial charge in [0.05, 0.1) is 12.6 Å². The second kappa shape index (κ2) is 8.98. The van der Waals surface area contributed by atoms with Crippen molar-refractivity contribution in [3.8, 4) is 5.75 Å². The van der Waals surface area contributed by atoms with Gasteiger partial charge in [-0.25, -0.2) is 18.5 Å². The van der Waals surface area contributed by atoms with E-state index in [-0.39, 0.29) is 24.3 Å². The van der Waals surface area contributed by atoms with Crippen molar-refractivity contribution in [2.75, 3.05) is 5.32 Å². The Morgan fingerprint density at radius 3 is 2.47 bits per heavy atom. The van der Waals surface area contributed by atoms with Crippen LogP contribution in [0.15, 0.2) is 52.1 Å². The summed E-state index contributed by atoms with van der Waals surface area (Å²) in [7, 11) is 0. The predicted octanol–water partition coefficient (Wildman–Crippen LogP) is 3.84. The Kier molecular flexibility index (Phi) is 6.12. The normalized spacial score (nSPS) is 13.4. The summed E-state index contributed by atoms with van der Waals surface area (Å²) >= 11 is 0. The van der Waals surface area contributed by atoms with Crippen molar-refractivity contribution in [2.45, 2.75) is 52.8 Å². The number of nitrogens with one attached hydrogen (secondary N) is 1. The molecule has 0 atom stereocenters. The Labute approximate surface area is 185 Å². The third kappa shape index (κ3) is 5.07. The van der Waals surface area contributed by atoms with Crippen LogP contribution >= 0.6 is 0 Å². The summed E-state index contributed by atoms with van der Waals surface area (Å²) in [6.07, 6.45) is 1.85. The fourth-order valence-corrected chi connectivity index (χ4v) is 3.42. The molecule has 2 aromatic carbocycles. The molecule has 0 bridgehead atoms. The van der Waals surface area contributed by atoms with Crippen molar-refractivity contribution in [3.05, 3.63) is 80.4 Å².